The van der Waals surface area contributed by atoms with E-state index in [-0.39, 0.29) is 24.2 Å². The van der Waals surface area contributed by atoms with Gasteiger partial charge in [-0.1, -0.05) is 12.1 Å². The molecule has 2 rings (SSSR count). The lowest BCUT2D eigenvalue weighted by Gasteiger charge is -2.34. The summed E-state index contributed by atoms with van der Waals surface area (Å²) in [6, 6.07) is 3.03. The van der Waals surface area contributed by atoms with E-state index in [2.05, 4.69) is 0 Å². The highest BCUT2D eigenvalue weighted by molar-refractivity contribution is 5.70. The third-order valence-corrected chi connectivity index (χ3v) is 3.73. The molecule has 0 spiro atoms. The van der Waals surface area contributed by atoms with Crippen LogP contribution in [0.1, 0.15) is 17.5 Å². The van der Waals surface area contributed by atoms with Gasteiger partial charge in [-0.3, -0.25) is 9.69 Å². The third kappa shape index (κ3) is 2.96. The van der Waals surface area contributed by atoms with Crippen molar-refractivity contribution in [3.05, 3.63) is 34.9 Å². The molecule has 0 bridgehead atoms. The van der Waals surface area contributed by atoms with Crippen molar-refractivity contribution in [3.8, 4) is 0 Å². The number of piperidine rings is 1. The molecule has 2 atom stereocenters. The maximum Gasteiger partial charge on any atom is 0.309 e. The minimum absolute atomic E-state index is 0.145. The Morgan fingerprint density at radius 3 is 2.70 bits per heavy atom. The topological polar surface area (TPSA) is 60.8 Å². The van der Waals surface area contributed by atoms with Crippen molar-refractivity contribution in [1.82, 2.24) is 4.90 Å². The number of halogens is 2. The summed E-state index contributed by atoms with van der Waals surface area (Å²) >= 11 is 0. The number of nitrogens with zero attached hydrogens (tertiary/aromatic N) is 1. The van der Waals surface area contributed by atoms with E-state index in [4.69, 9.17) is 5.11 Å². The molecule has 1 aliphatic heterocycles. The summed E-state index contributed by atoms with van der Waals surface area (Å²) in [6.07, 6.45) is -0.688. The molecule has 6 heteroatoms. The van der Waals surface area contributed by atoms with Crippen LogP contribution in [0.4, 0.5) is 8.78 Å². The van der Waals surface area contributed by atoms with Crippen molar-refractivity contribution in [1.29, 1.82) is 0 Å². The van der Waals surface area contributed by atoms with Gasteiger partial charge >= 0.3 is 5.97 Å². The second-order valence-electron chi connectivity index (χ2n) is 5.21. The number of likely N-dealkylation sites (tertiary alicyclic amines) is 1. The van der Waals surface area contributed by atoms with Gasteiger partial charge in [-0.05, 0) is 25.5 Å². The van der Waals surface area contributed by atoms with E-state index in [0.717, 1.165) is 0 Å². The van der Waals surface area contributed by atoms with Gasteiger partial charge in [-0.25, -0.2) is 8.78 Å². The van der Waals surface area contributed by atoms with Gasteiger partial charge in [0, 0.05) is 18.7 Å². The summed E-state index contributed by atoms with van der Waals surface area (Å²) in [5.74, 6) is -3.54. The van der Waals surface area contributed by atoms with Gasteiger partial charge in [-0.2, -0.15) is 0 Å². The largest absolute Gasteiger partial charge is 0.481 e. The number of aryl methyl sites for hydroxylation is 1. The zero-order valence-corrected chi connectivity index (χ0v) is 11.1. The standard InChI is InChI=1S/C14H17F2NO3/c1-8-2-3-9(13(16)12(8)15)6-17-5-4-10(14(19)20)11(18)7-17/h2-3,10-11,18H,4-7H2,1H3,(H,19,20)/t10-,11+/m0/s1. The Morgan fingerprint density at radius 2 is 2.10 bits per heavy atom. The molecule has 0 saturated carbocycles. The Kier molecular flexibility index (Phi) is 4.35. The molecule has 1 heterocycles. The number of aliphatic carboxylic acids is 1. The SMILES string of the molecule is Cc1ccc(CN2CC[C@H](C(=O)O)[C@H](O)C2)c(F)c1F. The fourth-order valence-electron chi connectivity index (χ4n) is 2.48. The molecule has 1 fully saturated rings. The first-order valence-electron chi connectivity index (χ1n) is 6.47. The van der Waals surface area contributed by atoms with Crippen LogP contribution < -0.4 is 0 Å². The summed E-state index contributed by atoms with van der Waals surface area (Å²) in [6.45, 7) is 2.23. The fraction of sp³-hybridized carbons (Fsp3) is 0.500. The molecule has 1 aliphatic rings. The van der Waals surface area contributed by atoms with Crippen LogP contribution in [0.5, 0.6) is 0 Å². The molecule has 0 unspecified atom stereocenters. The number of aliphatic hydroxyl groups excluding tert-OH is 1. The highest BCUT2D eigenvalue weighted by Gasteiger charge is 2.33. The molecule has 1 aromatic rings. The van der Waals surface area contributed by atoms with E-state index in [1.807, 2.05) is 0 Å². The summed E-state index contributed by atoms with van der Waals surface area (Å²) in [7, 11) is 0. The van der Waals surface area contributed by atoms with Crippen molar-refractivity contribution < 1.29 is 23.8 Å². The molecule has 0 aromatic heterocycles. The first-order valence-corrected chi connectivity index (χ1v) is 6.47. The average Bonchev–Trinajstić information content (AvgIpc) is 2.39. The Morgan fingerprint density at radius 1 is 1.40 bits per heavy atom. The van der Waals surface area contributed by atoms with Crippen LogP contribution in [0.25, 0.3) is 0 Å². The molecule has 1 saturated heterocycles. The first-order chi connectivity index (χ1) is 9.40. The summed E-state index contributed by atoms with van der Waals surface area (Å²) in [4.78, 5) is 12.6. The number of hydrogen-bond acceptors (Lipinski definition) is 3. The minimum Gasteiger partial charge on any atom is -0.481 e. The molecule has 20 heavy (non-hydrogen) atoms. The number of benzene rings is 1. The maximum absolute atomic E-state index is 13.8. The van der Waals surface area contributed by atoms with Crippen molar-refractivity contribution in [2.75, 3.05) is 13.1 Å². The molecule has 1 aromatic carbocycles. The minimum atomic E-state index is -1.02. The number of hydrogen-bond donors (Lipinski definition) is 2. The first kappa shape index (κ1) is 14.9. The van der Waals surface area contributed by atoms with E-state index in [0.29, 0.717) is 13.0 Å². The Labute approximate surface area is 115 Å². The Balaban J connectivity index is 2.06. The number of carbonyl (C=O) groups is 1. The van der Waals surface area contributed by atoms with Crippen LogP contribution in [-0.2, 0) is 11.3 Å². The molecule has 0 radical (unpaired) electrons. The third-order valence-electron chi connectivity index (χ3n) is 3.73. The number of carboxylic acids is 1. The lowest BCUT2D eigenvalue weighted by atomic mass is 9.93. The molecular formula is C14H17F2NO3. The molecule has 0 amide bonds. The van der Waals surface area contributed by atoms with Gasteiger partial charge in [0.15, 0.2) is 11.6 Å². The zero-order chi connectivity index (χ0) is 14.9. The van der Waals surface area contributed by atoms with E-state index in [1.165, 1.54) is 19.1 Å². The lowest BCUT2D eigenvalue weighted by molar-refractivity contribution is -0.148. The summed E-state index contributed by atoms with van der Waals surface area (Å²) in [5.41, 5.74) is 0.463. The van der Waals surface area contributed by atoms with Crippen LogP contribution >= 0.6 is 0 Å². The van der Waals surface area contributed by atoms with Crippen molar-refractivity contribution in [3.63, 3.8) is 0 Å². The van der Waals surface area contributed by atoms with E-state index < -0.39 is 29.6 Å². The predicted octanol–water partition coefficient (Wildman–Crippen LogP) is 1.54. The number of carboxylic acid groups (broad SMARTS) is 1. The molecule has 0 aliphatic carbocycles. The van der Waals surface area contributed by atoms with Crippen molar-refractivity contribution in [2.45, 2.75) is 26.0 Å². The van der Waals surface area contributed by atoms with Crippen LogP contribution in [0.3, 0.4) is 0 Å². The van der Waals surface area contributed by atoms with E-state index in [1.54, 1.807) is 4.90 Å². The van der Waals surface area contributed by atoms with Gasteiger partial charge in [0.2, 0.25) is 0 Å². The van der Waals surface area contributed by atoms with Gasteiger partial charge in [0.05, 0.1) is 12.0 Å². The summed E-state index contributed by atoms with van der Waals surface area (Å²) < 4.78 is 27.2. The van der Waals surface area contributed by atoms with Crippen molar-refractivity contribution in [2.24, 2.45) is 5.92 Å². The Bertz CT molecular complexity index is 521. The number of aliphatic hydroxyl groups is 1. The predicted molar refractivity (Wildman–Crippen MR) is 68.1 cm³/mol. The van der Waals surface area contributed by atoms with Crippen LogP contribution in [0.2, 0.25) is 0 Å². The molecule has 110 valence electrons. The van der Waals surface area contributed by atoms with Crippen molar-refractivity contribution >= 4 is 5.97 Å². The molecule has 4 nitrogen and oxygen atoms in total. The molecular weight excluding hydrogens is 268 g/mol. The fourth-order valence-corrected chi connectivity index (χ4v) is 2.48. The van der Waals surface area contributed by atoms with Gasteiger partial charge in [0.1, 0.15) is 0 Å². The lowest BCUT2D eigenvalue weighted by Crippen LogP contribution is -2.46. The summed E-state index contributed by atoms with van der Waals surface area (Å²) in [5, 5.41) is 18.7. The smallest absolute Gasteiger partial charge is 0.309 e. The van der Waals surface area contributed by atoms with E-state index >= 15 is 0 Å². The normalized spacial score (nSPS) is 23.8. The number of β-amino-alcohol motifs (C(OH)–C–C–N with tert-alkyl or cyclic N) is 1. The average molecular weight is 285 g/mol. The second-order valence-corrected chi connectivity index (χ2v) is 5.21. The van der Waals surface area contributed by atoms with E-state index in [9.17, 15) is 18.7 Å². The monoisotopic (exact) mass is 285 g/mol. The second kappa shape index (κ2) is 5.85. The van der Waals surface area contributed by atoms with Gasteiger partial charge < -0.3 is 10.2 Å². The van der Waals surface area contributed by atoms with Crippen LogP contribution in [0.15, 0.2) is 12.1 Å². The quantitative estimate of drug-likeness (QED) is 0.884. The van der Waals surface area contributed by atoms with Gasteiger partial charge in [-0.15, -0.1) is 0 Å². The maximum atomic E-state index is 13.8. The zero-order valence-electron chi connectivity index (χ0n) is 11.1. The highest BCUT2D eigenvalue weighted by atomic mass is 19.2. The van der Waals surface area contributed by atoms with Crippen LogP contribution in [-0.4, -0.2) is 40.3 Å². The molecule has 2 N–H and O–H groups in total. The highest BCUT2D eigenvalue weighted by Crippen LogP contribution is 2.22. The Hall–Kier alpha value is -1.53. The van der Waals surface area contributed by atoms with Gasteiger partial charge in [0.25, 0.3) is 0 Å². The van der Waals surface area contributed by atoms with Crippen LogP contribution in [0, 0.1) is 24.5 Å². The number of rotatable bonds is 3.